The minimum absolute atomic E-state index is 0.143. The molecule has 1 aromatic heterocycles. The maximum absolute atomic E-state index is 12.9. The smallest absolute Gasteiger partial charge is 0.228 e. The zero-order valence-electron chi connectivity index (χ0n) is 12.6. The quantitative estimate of drug-likeness (QED) is 0.829. The molecule has 2 saturated carbocycles. The molecule has 2 amide bonds. The fourth-order valence-corrected chi connectivity index (χ4v) is 3.31. The van der Waals surface area contributed by atoms with Crippen LogP contribution in [0.2, 0.25) is 0 Å². The first-order chi connectivity index (χ1) is 10.7. The minimum Gasteiger partial charge on any atom is -0.339 e. The molecule has 0 aromatic carbocycles. The first-order valence-electron chi connectivity index (χ1n) is 8.22. The molecule has 3 fully saturated rings. The summed E-state index contributed by atoms with van der Waals surface area (Å²) in [5.74, 6) is 0.150. The molecule has 4 rings (SSSR count). The Morgan fingerprint density at radius 2 is 2.09 bits per heavy atom. The summed E-state index contributed by atoms with van der Waals surface area (Å²) in [6, 6.07) is 6.55. The second kappa shape index (κ2) is 5.38. The Morgan fingerprint density at radius 1 is 1.27 bits per heavy atom. The molecule has 3 aliphatic rings. The van der Waals surface area contributed by atoms with Crippen molar-refractivity contribution < 1.29 is 9.59 Å². The van der Waals surface area contributed by atoms with E-state index in [-0.39, 0.29) is 17.7 Å². The van der Waals surface area contributed by atoms with Crippen LogP contribution in [0.25, 0.3) is 0 Å². The van der Waals surface area contributed by atoms with Crippen LogP contribution in [-0.4, -0.2) is 45.2 Å². The third-order valence-electron chi connectivity index (χ3n) is 4.82. The summed E-state index contributed by atoms with van der Waals surface area (Å²) in [5.41, 5.74) is 0.922. The second-order valence-corrected chi connectivity index (χ2v) is 6.70. The molecular formula is C17H21N3O2. The second-order valence-electron chi connectivity index (χ2n) is 6.70. The fourth-order valence-electron chi connectivity index (χ4n) is 3.31. The summed E-state index contributed by atoms with van der Waals surface area (Å²) in [7, 11) is 0. The van der Waals surface area contributed by atoms with Crippen LogP contribution in [-0.2, 0) is 16.1 Å². The van der Waals surface area contributed by atoms with Crippen LogP contribution in [0.4, 0.5) is 0 Å². The lowest BCUT2D eigenvalue weighted by Crippen LogP contribution is -2.39. The van der Waals surface area contributed by atoms with E-state index in [9.17, 15) is 9.59 Å². The highest BCUT2D eigenvalue weighted by Crippen LogP contribution is 2.35. The van der Waals surface area contributed by atoms with Crippen molar-refractivity contribution in [2.45, 2.75) is 50.7 Å². The van der Waals surface area contributed by atoms with E-state index in [4.69, 9.17) is 0 Å². The molecule has 0 radical (unpaired) electrons. The Hall–Kier alpha value is -1.91. The van der Waals surface area contributed by atoms with Crippen LogP contribution in [0.5, 0.6) is 0 Å². The predicted octanol–water partition coefficient (Wildman–Crippen LogP) is 1.58. The molecule has 1 aromatic rings. The van der Waals surface area contributed by atoms with Gasteiger partial charge in [-0.1, -0.05) is 6.07 Å². The monoisotopic (exact) mass is 299 g/mol. The van der Waals surface area contributed by atoms with Crippen LogP contribution in [0, 0.1) is 5.92 Å². The topological polar surface area (TPSA) is 53.5 Å². The molecule has 1 saturated heterocycles. The highest BCUT2D eigenvalue weighted by atomic mass is 16.2. The molecule has 2 aliphatic carbocycles. The zero-order valence-corrected chi connectivity index (χ0v) is 12.6. The lowest BCUT2D eigenvalue weighted by molar-refractivity contribution is -0.137. The normalized spacial score (nSPS) is 24.6. The largest absolute Gasteiger partial charge is 0.339 e. The number of hydrogen-bond acceptors (Lipinski definition) is 3. The summed E-state index contributed by atoms with van der Waals surface area (Å²) in [5, 5.41) is 0. The minimum atomic E-state index is -0.155. The van der Waals surface area contributed by atoms with Crippen molar-refractivity contribution in [2.75, 3.05) is 6.54 Å². The number of pyridine rings is 1. The molecule has 0 bridgehead atoms. The summed E-state index contributed by atoms with van der Waals surface area (Å²) < 4.78 is 0. The summed E-state index contributed by atoms with van der Waals surface area (Å²) >= 11 is 0. The van der Waals surface area contributed by atoms with Gasteiger partial charge in [0.05, 0.1) is 18.2 Å². The number of carbonyl (C=O) groups is 2. The number of rotatable bonds is 5. The van der Waals surface area contributed by atoms with Gasteiger partial charge in [0.25, 0.3) is 0 Å². The van der Waals surface area contributed by atoms with Crippen molar-refractivity contribution in [3.05, 3.63) is 30.1 Å². The van der Waals surface area contributed by atoms with E-state index in [1.54, 1.807) is 6.20 Å². The third kappa shape index (κ3) is 2.72. The van der Waals surface area contributed by atoms with Gasteiger partial charge >= 0.3 is 0 Å². The predicted molar refractivity (Wildman–Crippen MR) is 80.7 cm³/mol. The van der Waals surface area contributed by atoms with Gasteiger partial charge in [-0.3, -0.25) is 14.6 Å². The fraction of sp³-hybridized carbons (Fsp3) is 0.588. The standard InChI is InChI=1S/C17H21N3O2/c21-16-9-12(10-19(16)14-4-5-14)17(22)20(15-6-7-15)11-13-3-1-2-8-18-13/h1-3,8,12,14-15H,4-7,9-11H2. The van der Waals surface area contributed by atoms with Gasteiger partial charge in [-0.25, -0.2) is 0 Å². The Balaban J connectivity index is 1.46. The third-order valence-corrected chi connectivity index (χ3v) is 4.82. The Bertz CT molecular complexity index is 581. The molecule has 2 heterocycles. The molecule has 0 spiro atoms. The Labute approximate surface area is 130 Å². The van der Waals surface area contributed by atoms with Gasteiger partial charge < -0.3 is 9.80 Å². The van der Waals surface area contributed by atoms with Gasteiger partial charge in [0.2, 0.25) is 11.8 Å². The van der Waals surface area contributed by atoms with Gasteiger partial charge in [-0.2, -0.15) is 0 Å². The molecule has 1 atom stereocenters. The number of likely N-dealkylation sites (tertiary alicyclic amines) is 1. The van der Waals surface area contributed by atoms with Gasteiger partial charge in [0.15, 0.2) is 0 Å². The van der Waals surface area contributed by atoms with Gasteiger partial charge in [-0.15, -0.1) is 0 Å². The summed E-state index contributed by atoms with van der Waals surface area (Å²) in [6.45, 7) is 1.19. The average molecular weight is 299 g/mol. The van der Waals surface area contributed by atoms with E-state index in [0.717, 1.165) is 31.4 Å². The van der Waals surface area contributed by atoms with Crippen molar-refractivity contribution in [2.24, 2.45) is 5.92 Å². The van der Waals surface area contributed by atoms with E-state index in [1.165, 1.54) is 0 Å². The number of nitrogens with zero attached hydrogens (tertiary/aromatic N) is 3. The zero-order chi connectivity index (χ0) is 15.1. The van der Waals surface area contributed by atoms with E-state index in [1.807, 2.05) is 28.0 Å². The number of aromatic nitrogens is 1. The molecule has 22 heavy (non-hydrogen) atoms. The Kier molecular flexibility index (Phi) is 3.36. The Morgan fingerprint density at radius 3 is 2.73 bits per heavy atom. The van der Waals surface area contributed by atoms with E-state index in [2.05, 4.69) is 4.98 Å². The van der Waals surface area contributed by atoms with Crippen LogP contribution in [0.1, 0.15) is 37.8 Å². The van der Waals surface area contributed by atoms with Gasteiger partial charge in [0, 0.05) is 31.2 Å². The van der Waals surface area contributed by atoms with Crippen LogP contribution in [0.15, 0.2) is 24.4 Å². The molecule has 1 aliphatic heterocycles. The lowest BCUT2D eigenvalue weighted by Gasteiger charge is -2.25. The SMILES string of the molecule is O=C1CC(C(=O)N(Cc2ccccn2)C2CC2)CN1C1CC1. The van der Waals surface area contributed by atoms with Crippen molar-refractivity contribution >= 4 is 11.8 Å². The van der Waals surface area contributed by atoms with Crippen LogP contribution in [0.3, 0.4) is 0 Å². The molecule has 1 unspecified atom stereocenters. The molecular weight excluding hydrogens is 278 g/mol. The first kappa shape index (κ1) is 13.7. The number of carbonyl (C=O) groups excluding carboxylic acids is 2. The average Bonchev–Trinajstić information content (AvgIpc) is 3.44. The lowest BCUT2D eigenvalue weighted by atomic mass is 10.1. The maximum Gasteiger partial charge on any atom is 0.228 e. The van der Waals surface area contributed by atoms with Crippen molar-refractivity contribution in [1.82, 2.24) is 14.8 Å². The van der Waals surface area contributed by atoms with Crippen LogP contribution < -0.4 is 0 Å². The van der Waals surface area contributed by atoms with Gasteiger partial charge in [0.1, 0.15) is 0 Å². The first-order valence-corrected chi connectivity index (χ1v) is 8.22. The van der Waals surface area contributed by atoms with Crippen molar-refractivity contribution in [3.8, 4) is 0 Å². The van der Waals surface area contributed by atoms with E-state index in [0.29, 0.717) is 31.6 Å². The summed E-state index contributed by atoms with van der Waals surface area (Å²) in [4.78, 5) is 33.2. The van der Waals surface area contributed by atoms with E-state index >= 15 is 0 Å². The highest BCUT2D eigenvalue weighted by Gasteiger charge is 2.44. The van der Waals surface area contributed by atoms with Crippen molar-refractivity contribution in [1.29, 1.82) is 0 Å². The summed E-state index contributed by atoms with van der Waals surface area (Å²) in [6.07, 6.45) is 6.51. The maximum atomic E-state index is 12.9. The van der Waals surface area contributed by atoms with E-state index < -0.39 is 0 Å². The van der Waals surface area contributed by atoms with Gasteiger partial charge in [-0.05, 0) is 37.8 Å². The molecule has 5 nitrogen and oxygen atoms in total. The van der Waals surface area contributed by atoms with Crippen molar-refractivity contribution in [3.63, 3.8) is 0 Å². The highest BCUT2D eigenvalue weighted by molar-refractivity contribution is 5.89. The molecule has 0 N–H and O–H groups in total. The number of amides is 2. The number of hydrogen-bond donors (Lipinski definition) is 0. The molecule has 5 heteroatoms. The molecule has 116 valence electrons. The van der Waals surface area contributed by atoms with Crippen LogP contribution >= 0.6 is 0 Å².